The van der Waals surface area contributed by atoms with Gasteiger partial charge in [0.2, 0.25) is 0 Å². The fourth-order valence-electron chi connectivity index (χ4n) is 2.50. The van der Waals surface area contributed by atoms with Crippen LogP contribution >= 0.6 is 0 Å². The Bertz CT molecular complexity index is 221. The minimum absolute atomic E-state index is 0.347. The summed E-state index contributed by atoms with van der Waals surface area (Å²) in [5, 5.41) is 8.71. The maximum absolute atomic E-state index is 8.71. The van der Waals surface area contributed by atoms with Gasteiger partial charge in [0.15, 0.2) is 0 Å². The van der Waals surface area contributed by atoms with E-state index in [1.54, 1.807) is 0 Å². The van der Waals surface area contributed by atoms with Gasteiger partial charge in [-0.1, -0.05) is 20.8 Å². The highest BCUT2D eigenvalue weighted by Crippen LogP contribution is 2.34. The van der Waals surface area contributed by atoms with E-state index in [1.807, 2.05) is 0 Å². The number of rotatable bonds is 2. The number of nitriles is 1. The predicted octanol–water partition coefficient (Wildman–Crippen LogP) is 2.80. The van der Waals surface area contributed by atoms with Crippen LogP contribution in [0.25, 0.3) is 0 Å². The molecule has 80 valence electrons. The molecule has 0 radical (unpaired) electrons. The molecule has 0 bridgehead atoms. The highest BCUT2D eigenvalue weighted by Gasteiger charge is 2.36. The summed E-state index contributed by atoms with van der Waals surface area (Å²) in [6.07, 6.45) is 3.24. The minimum Gasteiger partial charge on any atom is -0.296 e. The Kier molecular flexibility index (Phi) is 3.55. The van der Waals surface area contributed by atoms with Crippen molar-refractivity contribution in [2.24, 2.45) is 5.41 Å². The molecule has 2 atom stereocenters. The van der Waals surface area contributed by atoms with Crippen LogP contribution in [0, 0.1) is 16.7 Å². The molecule has 2 nitrogen and oxygen atoms in total. The molecule has 0 aromatic rings. The van der Waals surface area contributed by atoms with E-state index in [9.17, 15) is 0 Å². The molecular formula is C12H22N2. The van der Waals surface area contributed by atoms with Gasteiger partial charge >= 0.3 is 0 Å². The van der Waals surface area contributed by atoms with E-state index in [0.717, 1.165) is 0 Å². The van der Waals surface area contributed by atoms with Crippen molar-refractivity contribution in [3.05, 3.63) is 0 Å². The van der Waals surface area contributed by atoms with Crippen LogP contribution in [0.4, 0.5) is 0 Å². The summed E-state index contributed by atoms with van der Waals surface area (Å²) in [7, 11) is 0. The SMILES string of the molecule is CC(CC#N)N1CCCC1C(C)(C)C. The maximum atomic E-state index is 8.71. The van der Waals surface area contributed by atoms with Crippen LogP contribution in [0.15, 0.2) is 0 Å². The van der Waals surface area contributed by atoms with E-state index in [-0.39, 0.29) is 0 Å². The Balaban J connectivity index is 2.65. The van der Waals surface area contributed by atoms with Crippen molar-refractivity contribution in [3.63, 3.8) is 0 Å². The molecule has 0 amide bonds. The average molecular weight is 194 g/mol. The lowest BCUT2D eigenvalue weighted by Gasteiger charge is -2.38. The third kappa shape index (κ3) is 2.48. The third-order valence-corrected chi connectivity index (χ3v) is 3.25. The van der Waals surface area contributed by atoms with Crippen LogP contribution in [-0.4, -0.2) is 23.5 Å². The summed E-state index contributed by atoms with van der Waals surface area (Å²) in [5.74, 6) is 0. The molecule has 2 unspecified atom stereocenters. The second-order valence-corrected chi connectivity index (χ2v) is 5.47. The minimum atomic E-state index is 0.347. The van der Waals surface area contributed by atoms with Gasteiger partial charge in [-0.2, -0.15) is 5.26 Å². The smallest absolute Gasteiger partial charge is 0.0638 e. The highest BCUT2D eigenvalue weighted by molar-refractivity contribution is 4.92. The summed E-state index contributed by atoms with van der Waals surface area (Å²) in [4.78, 5) is 2.52. The highest BCUT2D eigenvalue weighted by atomic mass is 15.2. The van der Waals surface area contributed by atoms with Crippen molar-refractivity contribution in [3.8, 4) is 6.07 Å². The van der Waals surface area contributed by atoms with Crippen LogP contribution in [-0.2, 0) is 0 Å². The van der Waals surface area contributed by atoms with Gasteiger partial charge in [0.1, 0.15) is 0 Å². The molecule has 0 spiro atoms. The first kappa shape index (κ1) is 11.5. The van der Waals surface area contributed by atoms with Gasteiger partial charge in [-0.3, -0.25) is 4.90 Å². The van der Waals surface area contributed by atoms with E-state index in [4.69, 9.17) is 5.26 Å². The van der Waals surface area contributed by atoms with Gasteiger partial charge < -0.3 is 0 Å². The zero-order chi connectivity index (χ0) is 10.8. The van der Waals surface area contributed by atoms with Crippen LogP contribution < -0.4 is 0 Å². The van der Waals surface area contributed by atoms with Crippen LogP contribution in [0.3, 0.4) is 0 Å². The van der Waals surface area contributed by atoms with Crippen molar-refractivity contribution in [1.82, 2.24) is 4.90 Å². The molecular weight excluding hydrogens is 172 g/mol. The molecule has 0 saturated carbocycles. The van der Waals surface area contributed by atoms with Crippen molar-refractivity contribution in [1.29, 1.82) is 5.26 Å². The Morgan fingerprint density at radius 2 is 2.14 bits per heavy atom. The molecule has 1 aliphatic heterocycles. The lowest BCUT2D eigenvalue weighted by molar-refractivity contribution is 0.106. The molecule has 1 heterocycles. The van der Waals surface area contributed by atoms with Gasteiger partial charge in [0, 0.05) is 12.1 Å². The average Bonchev–Trinajstić information content (AvgIpc) is 2.50. The van der Waals surface area contributed by atoms with E-state index in [0.29, 0.717) is 23.9 Å². The first-order valence-corrected chi connectivity index (χ1v) is 5.59. The van der Waals surface area contributed by atoms with Crippen molar-refractivity contribution >= 4 is 0 Å². The summed E-state index contributed by atoms with van der Waals surface area (Å²) >= 11 is 0. The van der Waals surface area contributed by atoms with Gasteiger partial charge in [0.25, 0.3) is 0 Å². The van der Waals surface area contributed by atoms with Crippen molar-refractivity contribution in [2.45, 2.75) is 59.0 Å². The summed E-state index contributed by atoms with van der Waals surface area (Å²) in [6, 6.07) is 3.36. The topological polar surface area (TPSA) is 27.0 Å². The second kappa shape index (κ2) is 4.31. The lowest BCUT2D eigenvalue weighted by Crippen LogP contribution is -2.44. The van der Waals surface area contributed by atoms with Crippen molar-refractivity contribution < 1.29 is 0 Å². The summed E-state index contributed by atoms with van der Waals surface area (Å²) in [6.45, 7) is 10.2. The molecule has 0 aromatic heterocycles. The predicted molar refractivity (Wildman–Crippen MR) is 58.9 cm³/mol. The van der Waals surface area contributed by atoms with Gasteiger partial charge in [-0.05, 0) is 31.7 Å². The Hall–Kier alpha value is -0.550. The van der Waals surface area contributed by atoms with E-state index < -0.39 is 0 Å². The fraction of sp³-hybridized carbons (Fsp3) is 0.917. The molecule has 1 saturated heterocycles. The Morgan fingerprint density at radius 3 is 2.64 bits per heavy atom. The first-order chi connectivity index (χ1) is 6.46. The fourth-order valence-corrected chi connectivity index (χ4v) is 2.50. The lowest BCUT2D eigenvalue weighted by atomic mass is 9.84. The van der Waals surface area contributed by atoms with Crippen LogP contribution in [0.1, 0.15) is 47.0 Å². The maximum Gasteiger partial charge on any atom is 0.0638 e. The molecule has 2 heteroatoms. The number of likely N-dealkylation sites (tertiary alicyclic amines) is 1. The molecule has 1 fully saturated rings. The van der Waals surface area contributed by atoms with E-state index in [2.05, 4.69) is 38.7 Å². The Morgan fingerprint density at radius 1 is 1.50 bits per heavy atom. The van der Waals surface area contributed by atoms with Crippen molar-refractivity contribution in [2.75, 3.05) is 6.54 Å². The van der Waals surface area contributed by atoms with Crippen LogP contribution in [0.5, 0.6) is 0 Å². The first-order valence-electron chi connectivity index (χ1n) is 5.59. The largest absolute Gasteiger partial charge is 0.296 e. The number of hydrogen-bond acceptors (Lipinski definition) is 2. The van der Waals surface area contributed by atoms with E-state index in [1.165, 1.54) is 19.4 Å². The van der Waals surface area contributed by atoms with E-state index >= 15 is 0 Å². The summed E-state index contributed by atoms with van der Waals surface area (Å²) in [5.41, 5.74) is 0.347. The molecule has 0 N–H and O–H groups in total. The summed E-state index contributed by atoms with van der Waals surface area (Å²) < 4.78 is 0. The molecule has 0 aromatic carbocycles. The number of nitrogens with zero attached hydrogens (tertiary/aromatic N) is 2. The second-order valence-electron chi connectivity index (χ2n) is 5.47. The molecule has 1 aliphatic rings. The Labute approximate surface area is 87.9 Å². The zero-order valence-electron chi connectivity index (χ0n) is 9.88. The number of hydrogen-bond donors (Lipinski definition) is 0. The van der Waals surface area contributed by atoms with Crippen LogP contribution in [0.2, 0.25) is 0 Å². The monoisotopic (exact) mass is 194 g/mol. The van der Waals surface area contributed by atoms with Gasteiger partial charge in [0.05, 0.1) is 12.5 Å². The standard InChI is InChI=1S/C12H22N2/c1-10(7-8-13)14-9-5-6-11(14)12(2,3)4/h10-11H,5-7,9H2,1-4H3. The normalized spacial score (nSPS) is 26.1. The molecule has 1 rings (SSSR count). The third-order valence-electron chi connectivity index (χ3n) is 3.25. The quantitative estimate of drug-likeness (QED) is 0.676. The van der Waals surface area contributed by atoms with Gasteiger partial charge in [-0.15, -0.1) is 0 Å². The van der Waals surface area contributed by atoms with Gasteiger partial charge in [-0.25, -0.2) is 0 Å². The molecule has 14 heavy (non-hydrogen) atoms. The zero-order valence-corrected chi connectivity index (χ0v) is 9.88. The molecule has 0 aliphatic carbocycles.